The molecular weight excluding hydrogens is 356 g/mol. The Labute approximate surface area is 135 Å². The monoisotopic (exact) mass is 370 g/mol. The Morgan fingerprint density at radius 3 is 2.81 bits per heavy atom. The summed E-state index contributed by atoms with van der Waals surface area (Å²) < 4.78 is 6.51. The molecule has 2 aromatic rings. The number of ether oxygens (including phenoxy) is 1. The average molecular weight is 371 g/mol. The van der Waals surface area contributed by atoms with E-state index in [9.17, 15) is 4.79 Å². The topological polar surface area (TPSA) is 71.5 Å². The second-order valence-electron chi connectivity index (χ2n) is 4.32. The second-order valence-corrected chi connectivity index (χ2v) is 6.18. The standard InChI is InChI=1S/C14H15BrN2O3S/c1-9(20-12-4-2-10(15)3-5-12)14(19)16-6-13-17-11(7-18)8-21-13/h2-5,8-9,18H,6-7H2,1H3,(H,16,19). The molecule has 0 aliphatic heterocycles. The Bertz CT molecular complexity index is 601. The van der Waals surface area contributed by atoms with E-state index in [0.29, 0.717) is 18.0 Å². The molecule has 2 N–H and O–H groups in total. The Balaban J connectivity index is 1.83. The number of nitrogens with zero attached hydrogens (tertiary/aromatic N) is 1. The maximum absolute atomic E-state index is 11.9. The molecular formula is C14H15BrN2O3S. The minimum atomic E-state index is -0.594. The number of thiazole rings is 1. The van der Waals surface area contributed by atoms with Crippen LogP contribution < -0.4 is 10.1 Å². The lowest BCUT2D eigenvalue weighted by atomic mass is 10.3. The molecule has 2 rings (SSSR count). The Morgan fingerprint density at radius 2 is 2.19 bits per heavy atom. The summed E-state index contributed by atoms with van der Waals surface area (Å²) in [5.41, 5.74) is 0.614. The normalized spacial score (nSPS) is 12.0. The zero-order valence-electron chi connectivity index (χ0n) is 11.4. The summed E-state index contributed by atoms with van der Waals surface area (Å²) in [7, 11) is 0. The Hall–Kier alpha value is -1.44. The summed E-state index contributed by atoms with van der Waals surface area (Å²) >= 11 is 4.74. The van der Waals surface area contributed by atoms with Crippen LogP contribution in [0.3, 0.4) is 0 Å². The number of nitrogens with one attached hydrogen (secondary N) is 1. The summed E-state index contributed by atoms with van der Waals surface area (Å²) in [4.78, 5) is 16.1. The van der Waals surface area contributed by atoms with E-state index in [1.165, 1.54) is 11.3 Å². The predicted molar refractivity (Wildman–Crippen MR) is 84.1 cm³/mol. The minimum absolute atomic E-state index is 0.0898. The second kappa shape index (κ2) is 7.53. The van der Waals surface area contributed by atoms with Gasteiger partial charge in [-0.2, -0.15) is 0 Å². The van der Waals surface area contributed by atoms with Gasteiger partial charge in [0, 0.05) is 9.85 Å². The fourth-order valence-electron chi connectivity index (χ4n) is 1.58. The van der Waals surface area contributed by atoms with E-state index in [1.807, 2.05) is 12.1 Å². The van der Waals surface area contributed by atoms with Crippen molar-refractivity contribution >= 4 is 33.2 Å². The van der Waals surface area contributed by atoms with Crippen molar-refractivity contribution < 1.29 is 14.6 Å². The molecule has 0 saturated carbocycles. The van der Waals surface area contributed by atoms with Crippen LogP contribution in [-0.2, 0) is 17.9 Å². The van der Waals surface area contributed by atoms with Crippen LogP contribution in [-0.4, -0.2) is 22.1 Å². The van der Waals surface area contributed by atoms with Gasteiger partial charge >= 0.3 is 0 Å². The maximum atomic E-state index is 11.9. The largest absolute Gasteiger partial charge is 0.481 e. The zero-order chi connectivity index (χ0) is 15.2. The van der Waals surface area contributed by atoms with Gasteiger partial charge in [0.15, 0.2) is 6.10 Å². The molecule has 21 heavy (non-hydrogen) atoms. The Morgan fingerprint density at radius 1 is 1.48 bits per heavy atom. The van der Waals surface area contributed by atoms with Crippen LogP contribution in [0.1, 0.15) is 17.6 Å². The molecule has 0 radical (unpaired) electrons. The van der Waals surface area contributed by atoms with Crippen LogP contribution in [0.25, 0.3) is 0 Å². The quantitative estimate of drug-likeness (QED) is 0.819. The molecule has 0 bridgehead atoms. The molecule has 1 unspecified atom stereocenters. The fraction of sp³-hybridized carbons (Fsp3) is 0.286. The van der Waals surface area contributed by atoms with Gasteiger partial charge in [0.1, 0.15) is 10.8 Å². The van der Waals surface area contributed by atoms with Crippen molar-refractivity contribution in [3.63, 3.8) is 0 Å². The van der Waals surface area contributed by atoms with E-state index in [0.717, 1.165) is 9.48 Å². The Kier molecular flexibility index (Phi) is 5.72. The molecule has 1 heterocycles. The van der Waals surface area contributed by atoms with E-state index in [2.05, 4.69) is 26.2 Å². The number of halogens is 1. The van der Waals surface area contributed by atoms with E-state index >= 15 is 0 Å². The molecule has 1 aromatic heterocycles. The van der Waals surface area contributed by atoms with Crippen molar-refractivity contribution in [2.45, 2.75) is 26.2 Å². The number of carbonyl (C=O) groups is 1. The average Bonchev–Trinajstić information content (AvgIpc) is 2.95. The first-order valence-corrected chi connectivity index (χ1v) is 8.00. The first kappa shape index (κ1) is 15.9. The molecule has 0 saturated heterocycles. The predicted octanol–water partition coefficient (Wildman–Crippen LogP) is 2.48. The molecule has 0 aliphatic carbocycles. The number of aliphatic hydroxyl groups excluding tert-OH is 1. The van der Waals surface area contributed by atoms with Crippen LogP contribution in [0.15, 0.2) is 34.1 Å². The minimum Gasteiger partial charge on any atom is -0.481 e. The van der Waals surface area contributed by atoms with Gasteiger partial charge in [0.2, 0.25) is 0 Å². The van der Waals surface area contributed by atoms with Gasteiger partial charge in [-0.05, 0) is 31.2 Å². The molecule has 112 valence electrons. The summed E-state index contributed by atoms with van der Waals surface area (Å²) in [6, 6.07) is 7.29. The molecule has 7 heteroatoms. The number of rotatable bonds is 6. The highest BCUT2D eigenvalue weighted by Gasteiger charge is 2.14. The van der Waals surface area contributed by atoms with Gasteiger partial charge < -0.3 is 15.2 Å². The molecule has 1 aromatic carbocycles. The summed E-state index contributed by atoms with van der Waals surface area (Å²) in [5.74, 6) is 0.427. The smallest absolute Gasteiger partial charge is 0.261 e. The third kappa shape index (κ3) is 4.80. The van der Waals surface area contributed by atoms with E-state index in [4.69, 9.17) is 9.84 Å². The molecule has 0 fully saturated rings. The first-order valence-electron chi connectivity index (χ1n) is 6.32. The maximum Gasteiger partial charge on any atom is 0.261 e. The lowest BCUT2D eigenvalue weighted by Crippen LogP contribution is -2.35. The molecule has 0 spiro atoms. The number of aromatic nitrogens is 1. The lowest BCUT2D eigenvalue weighted by molar-refractivity contribution is -0.127. The zero-order valence-corrected chi connectivity index (χ0v) is 13.8. The fourth-order valence-corrected chi connectivity index (χ4v) is 2.57. The van der Waals surface area contributed by atoms with Crippen LogP contribution in [0.4, 0.5) is 0 Å². The molecule has 0 aliphatic rings. The molecule has 1 amide bonds. The lowest BCUT2D eigenvalue weighted by Gasteiger charge is -2.14. The number of hydrogen-bond acceptors (Lipinski definition) is 5. The van der Waals surface area contributed by atoms with Crippen LogP contribution in [0.2, 0.25) is 0 Å². The van der Waals surface area contributed by atoms with Gasteiger partial charge in [-0.15, -0.1) is 11.3 Å². The van der Waals surface area contributed by atoms with Crippen molar-refractivity contribution in [3.8, 4) is 5.75 Å². The van der Waals surface area contributed by atoms with Crippen LogP contribution in [0.5, 0.6) is 5.75 Å². The third-order valence-electron chi connectivity index (χ3n) is 2.67. The van der Waals surface area contributed by atoms with E-state index in [-0.39, 0.29) is 12.5 Å². The summed E-state index contributed by atoms with van der Waals surface area (Å²) in [6.07, 6.45) is -0.594. The van der Waals surface area contributed by atoms with Gasteiger partial charge in [-0.1, -0.05) is 15.9 Å². The summed E-state index contributed by atoms with van der Waals surface area (Å²) in [6.45, 7) is 1.93. The first-order chi connectivity index (χ1) is 10.1. The number of hydrogen-bond donors (Lipinski definition) is 2. The van der Waals surface area contributed by atoms with Crippen LogP contribution >= 0.6 is 27.3 Å². The number of aliphatic hydroxyl groups is 1. The molecule has 1 atom stereocenters. The van der Waals surface area contributed by atoms with Crippen LogP contribution in [0, 0.1) is 0 Å². The van der Waals surface area contributed by atoms with Gasteiger partial charge in [0.05, 0.1) is 18.8 Å². The summed E-state index contributed by atoms with van der Waals surface area (Å²) in [5, 5.41) is 14.2. The van der Waals surface area contributed by atoms with Crippen molar-refractivity contribution in [1.82, 2.24) is 10.3 Å². The van der Waals surface area contributed by atoms with Crippen molar-refractivity contribution in [2.24, 2.45) is 0 Å². The SMILES string of the molecule is CC(Oc1ccc(Br)cc1)C(=O)NCc1nc(CO)cs1. The highest BCUT2D eigenvalue weighted by Crippen LogP contribution is 2.17. The highest BCUT2D eigenvalue weighted by atomic mass is 79.9. The number of amides is 1. The van der Waals surface area contributed by atoms with Gasteiger partial charge in [0.25, 0.3) is 5.91 Å². The number of benzene rings is 1. The van der Waals surface area contributed by atoms with Crippen molar-refractivity contribution in [2.75, 3.05) is 0 Å². The number of carbonyl (C=O) groups excluding carboxylic acids is 1. The van der Waals surface area contributed by atoms with E-state index in [1.54, 1.807) is 24.4 Å². The highest BCUT2D eigenvalue weighted by molar-refractivity contribution is 9.10. The van der Waals surface area contributed by atoms with Gasteiger partial charge in [-0.3, -0.25) is 4.79 Å². The van der Waals surface area contributed by atoms with E-state index < -0.39 is 6.10 Å². The molecule has 5 nitrogen and oxygen atoms in total. The third-order valence-corrected chi connectivity index (χ3v) is 4.10. The van der Waals surface area contributed by atoms with Gasteiger partial charge in [-0.25, -0.2) is 4.98 Å². The van der Waals surface area contributed by atoms with Crippen molar-refractivity contribution in [3.05, 3.63) is 44.8 Å². The van der Waals surface area contributed by atoms with Crippen molar-refractivity contribution in [1.29, 1.82) is 0 Å².